The molecule has 3 rings (SSSR count). The maximum atomic E-state index is 5.50. The minimum atomic E-state index is -1.20. The van der Waals surface area contributed by atoms with Crippen LogP contribution in [0.15, 0.2) is 30.5 Å². The zero-order valence-electron chi connectivity index (χ0n) is 14.0. The molecule has 1 aromatic carbocycles. The largest absolute Gasteiger partial charge is 0.345 e. The number of aromatic nitrogens is 1. The van der Waals surface area contributed by atoms with Gasteiger partial charge in [-0.1, -0.05) is 49.1 Å². The second kappa shape index (κ2) is 7.23. The van der Waals surface area contributed by atoms with Gasteiger partial charge in [0, 0.05) is 19.3 Å². The second-order valence-corrected chi connectivity index (χ2v) is 13.0. The van der Waals surface area contributed by atoms with Gasteiger partial charge in [0.25, 0.3) is 0 Å². The number of rotatable bonds is 6. The van der Waals surface area contributed by atoms with Gasteiger partial charge in [0.05, 0.1) is 26.2 Å². The molecule has 23 heavy (non-hydrogen) atoms. The smallest absolute Gasteiger partial charge is 0.194 e. The first-order valence-corrected chi connectivity index (χ1v) is 12.3. The van der Waals surface area contributed by atoms with E-state index in [-0.39, 0.29) is 6.29 Å². The van der Waals surface area contributed by atoms with Crippen LogP contribution in [0.3, 0.4) is 0 Å². The van der Waals surface area contributed by atoms with Gasteiger partial charge in [-0.05, 0) is 5.56 Å². The summed E-state index contributed by atoms with van der Waals surface area (Å²) in [7, 11) is -1.20. The summed E-state index contributed by atoms with van der Waals surface area (Å²) in [5.41, 5.74) is 1.31. The van der Waals surface area contributed by atoms with E-state index in [9.17, 15) is 0 Å². The first-order valence-electron chi connectivity index (χ1n) is 8.00. The zero-order chi connectivity index (χ0) is 16.3. The van der Waals surface area contributed by atoms with Crippen molar-refractivity contribution in [3.63, 3.8) is 0 Å². The van der Waals surface area contributed by atoms with Gasteiger partial charge in [-0.3, -0.25) is 0 Å². The first kappa shape index (κ1) is 16.8. The van der Waals surface area contributed by atoms with Crippen molar-refractivity contribution in [1.29, 1.82) is 0 Å². The van der Waals surface area contributed by atoms with E-state index in [2.05, 4.69) is 54.2 Å². The van der Waals surface area contributed by atoms with Crippen LogP contribution in [0.2, 0.25) is 19.6 Å². The normalized spacial score (nSPS) is 16.1. The number of benzene rings is 1. The highest BCUT2D eigenvalue weighted by Crippen LogP contribution is 2.27. The van der Waals surface area contributed by atoms with Crippen LogP contribution in [0.4, 0.5) is 0 Å². The summed E-state index contributed by atoms with van der Waals surface area (Å²) >= 11 is 1.65. The van der Waals surface area contributed by atoms with E-state index in [0.717, 1.165) is 23.0 Å². The summed E-state index contributed by atoms with van der Waals surface area (Å²) in [4.78, 5) is 5.49. The highest BCUT2D eigenvalue weighted by atomic mass is 32.1. The van der Waals surface area contributed by atoms with Crippen LogP contribution < -0.4 is 10.5 Å². The predicted octanol–water partition coefficient (Wildman–Crippen LogP) is 3.02. The molecule has 0 unspecified atom stereocenters. The molecule has 4 nitrogen and oxygen atoms in total. The lowest BCUT2D eigenvalue weighted by Crippen LogP contribution is -2.37. The predicted molar refractivity (Wildman–Crippen MR) is 96.7 cm³/mol. The lowest BCUT2D eigenvalue weighted by atomic mass is 10.2. The molecule has 0 spiro atoms. The van der Waals surface area contributed by atoms with Crippen molar-refractivity contribution in [2.24, 2.45) is 0 Å². The maximum absolute atomic E-state index is 5.50. The Bertz CT molecular complexity index is 631. The van der Waals surface area contributed by atoms with Crippen molar-refractivity contribution in [3.8, 4) is 0 Å². The first-order chi connectivity index (χ1) is 11.0. The molecule has 0 aliphatic carbocycles. The Morgan fingerprint density at radius 3 is 2.48 bits per heavy atom. The third kappa shape index (κ3) is 4.48. The molecule has 2 aromatic rings. The molecular weight excluding hydrogens is 324 g/mol. The molecule has 0 atom stereocenters. The quantitative estimate of drug-likeness (QED) is 0.815. The van der Waals surface area contributed by atoms with Gasteiger partial charge in [-0.15, -0.1) is 11.3 Å². The third-order valence-corrected chi connectivity index (χ3v) is 6.94. The van der Waals surface area contributed by atoms with E-state index in [0.29, 0.717) is 13.2 Å². The molecule has 124 valence electrons. The molecule has 1 fully saturated rings. The fourth-order valence-corrected chi connectivity index (χ4v) is 4.53. The number of nitrogens with one attached hydrogen (secondary N) is 1. The molecule has 0 radical (unpaired) electrons. The van der Waals surface area contributed by atoms with Gasteiger partial charge in [-0.2, -0.15) is 0 Å². The van der Waals surface area contributed by atoms with E-state index < -0.39 is 8.07 Å². The van der Waals surface area contributed by atoms with Crippen molar-refractivity contribution in [2.45, 2.75) is 39.0 Å². The molecule has 2 heterocycles. The monoisotopic (exact) mass is 348 g/mol. The van der Waals surface area contributed by atoms with E-state index in [1.54, 1.807) is 11.3 Å². The average molecular weight is 349 g/mol. The van der Waals surface area contributed by atoms with Crippen molar-refractivity contribution in [1.82, 2.24) is 10.3 Å². The SMILES string of the molecule is C[Si](C)(C)c1ccc(CNCc2ncc(C3OCCO3)s2)cc1. The van der Waals surface area contributed by atoms with E-state index in [1.165, 1.54) is 10.8 Å². The van der Waals surface area contributed by atoms with E-state index in [1.807, 2.05) is 6.20 Å². The van der Waals surface area contributed by atoms with Crippen molar-refractivity contribution < 1.29 is 9.47 Å². The minimum absolute atomic E-state index is 0.213. The van der Waals surface area contributed by atoms with Crippen LogP contribution >= 0.6 is 11.3 Å². The summed E-state index contributed by atoms with van der Waals surface area (Å²) in [6, 6.07) is 9.02. The van der Waals surface area contributed by atoms with Crippen molar-refractivity contribution in [3.05, 3.63) is 45.9 Å². The fourth-order valence-electron chi connectivity index (χ4n) is 2.47. The van der Waals surface area contributed by atoms with Gasteiger partial charge >= 0.3 is 0 Å². The minimum Gasteiger partial charge on any atom is -0.345 e. The number of hydrogen-bond donors (Lipinski definition) is 1. The van der Waals surface area contributed by atoms with Crippen molar-refractivity contribution in [2.75, 3.05) is 13.2 Å². The van der Waals surface area contributed by atoms with Crippen LogP contribution in [0.5, 0.6) is 0 Å². The van der Waals surface area contributed by atoms with E-state index in [4.69, 9.17) is 9.47 Å². The number of ether oxygens (including phenoxy) is 2. The fraction of sp³-hybridized carbons (Fsp3) is 0.471. The molecule has 1 aromatic heterocycles. The third-order valence-electron chi connectivity index (χ3n) is 3.85. The molecule has 1 aliphatic rings. The van der Waals surface area contributed by atoms with Crippen LogP contribution in [0.1, 0.15) is 21.7 Å². The second-order valence-electron chi connectivity index (χ2n) is 6.78. The summed E-state index contributed by atoms with van der Waals surface area (Å²) in [6.45, 7) is 10.1. The van der Waals surface area contributed by atoms with Gasteiger partial charge in [-0.25, -0.2) is 4.98 Å². The van der Waals surface area contributed by atoms with Gasteiger partial charge in [0.1, 0.15) is 5.01 Å². The number of nitrogens with zero attached hydrogens (tertiary/aromatic N) is 1. The Morgan fingerprint density at radius 1 is 1.13 bits per heavy atom. The summed E-state index contributed by atoms with van der Waals surface area (Å²) < 4.78 is 11.0. The van der Waals surface area contributed by atoms with Gasteiger partial charge in [0.2, 0.25) is 0 Å². The highest BCUT2D eigenvalue weighted by molar-refractivity contribution is 7.11. The standard InChI is InChI=1S/C17H24N2O2SSi/c1-23(2,3)14-6-4-13(5-7-14)10-18-12-16-19-11-15(22-16)17-20-8-9-21-17/h4-7,11,17-18H,8-10,12H2,1-3H3. The van der Waals surface area contributed by atoms with Crippen LogP contribution in [-0.2, 0) is 22.6 Å². The Balaban J connectivity index is 1.49. The molecule has 0 saturated carbocycles. The summed E-state index contributed by atoms with van der Waals surface area (Å²) in [6.07, 6.45) is 1.65. The Kier molecular flexibility index (Phi) is 5.28. The zero-order valence-corrected chi connectivity index (χ0v) is 15.8. The topological polar surface area (TPSA) is 43.4 Å². The average Bonchev–Trinajstić information content (AvgIpc) is 3.18. The lowest BCUT2D eigenvalue weighted by molar-refractivity contribution is -0.0414. The van der Waals surface area contributed by atoms with Gasteiger partial charge < -0.3 is 14.8 Å². The molecule has 6 heteroatoms. The number of hydrogen-bond acceptors (Lipinski definition) is 5. The molecular formula is C17H24N2O2SSi. The van der Waals surface area contributed by atoms with Crippen LogP contribution in [0, 0.1) is 0 Å². The van der Waals surface area contributed by atoms with Crippen LogP contribution in [-0.4, -0.2) is 26.3 Å². The van der Waals surface area contributed by atoms with E-state index >= 15 is 0 Å². The Hall–Kier alpha value is -1.05. The molecule has 1 aliphatic heterocycles. The molecule has 1 saturated heterocycles. The summed E-state index contributed by atoms with van der Waals surface area (Å²) in [5.74, 6) is 0. The summed E-state index contributed by atoms with van der Waals surface area (Å²) in [5, 5.41) is 6.03. The van der Waals surface area contributed by atoms with Crippen LogP contribution in [0.25, 0.3) is 0 Å². The highest BCUT2D eigenvalue weighted by Gasteiger charge is 2.20. The molecule has 0 bridgehead atoms. The molecule has 0 amide bonds. The lowest BCUT2D eigenvalue weighted by Gasteiger charge is -2.16. The maximum Gasteiger partial charge on any atom is 0.194 e. The van der Waals surface area contributed by atoms with Gasteiger partial charge in [0.15, 0.2) is 6.29 Å². The van der Waals surface area contributed by atoms with Crippen molar-refractivity contribution >= 4 is 24.6 Å². The molecule has 1 N–H and O–H groups in total. The Labute approximate surface area is 142 Å². The Morgan fingerprint density at radius 2 is 1.83 bits per heavy atom. The number of thiazole rings is 1.